The number of hydrogen-bond acceptors (Lipinski definition) is 3. The second kappa shape index (κ2) is 5.97. The fraction of sp³-hybridized carbons (Fsp3) is 0.211. The Morgan fingerprint density at radius 1 is 1.04 bits per heavy atom. The lowest BCUT2D eigenvalue weighted by molar-refractivity contribution is 0.0831. The van der Waals surface area contributed by atoms with Crippen molar-refractivity contribution in [1.29, 1.82) is 0 Å². The Morgan fingerprint density at radius 2 is 1.64 bits per heavy atom. The average Bonchev–Trinajstić information content (AvgIpc) is 3.03. The van der Waals surface area contributed by atoms with Crippen molar-refractivity contribution in [2.24, 2.45) is 13.0 Å². The molecular formula is C19H14Cl2N2O2. The number of ketones is 2. The van der Waals surface area contributed by atoms with Crippen molar-refractivity contribution in [3.63, 3.8) is 0 Å². The predicted molar refractivity (Wildman–Crippen MR) is 97.6 cm³/mol. The van der Waals surface area contributed by atoms with Crippen LogP contribution in [-0.2, 0) is 13.5 Å². The molecule has 0 N–H and O–H groups in total. The molecule has 0 fully saturated rings. The highest BCUT2D eigenvalue weighted by molar-refractivity contribution is 6.42. The molecule has 0 unspecified atom stereocenters. The van der Waals surface area contributed by atoms with Crippen molar-refractivity contribution in [2.45, 2.75) is 12.8 Å². The summed E-state index contributed by atoms with van der Waals surface area (Å²) in [7, 11) is 1.89. The summed E-state index contributed by atoms with van der Waals surface area (Å²) >= 11 is 12.1. The highest BCUT2D eigenvalue weighted by Crippen LogP contribution is 2.31. The summed E-state index contributed by atoms with van der Waals surface area (Å²) in [6.07, 6.45) is 0.960. The normalized spacial score (nSPS) is 14.5. The van der Waals surface area contributed by atoms with Crippen LogP contribution in [0.2, 0.25) is 10.0 Å². The Hall–Kier alpha value is -2.17. The number of nitrogens with zero attached hydrogens (tertiary/aromatic N) is 2. The third kappa shape index (κ3) is 2.57. The van der Waals surface area contributed by atoms with Crippen LogP contribution in [0.4, 0.5) is 0 Å². The van der Waals surface area contributed by atoms with Gasteiger partial charge in [0.1, 0.15) is 5.82 Å². The van der Waals surface area contributed by atoms with E-state index in [9.17, 15) is 9.59 Å². The zero-order valence-electron chi connectivity index (χ0n) is 13.4. The van der Waals surface area contributed by atoms with Gasteiger partial charge >= 0.3 is 0 Å². The summed E-state index contributed by atoms with van der Waals surface area (Å²) in [4.78, 5) is 29.6. The fourth-order valence-electron chi connectivity index (χ4n) is 3.40. The van der Waals surface area contributed by atoms with Crippen LogP contribution >= 0.6 is 23.2 Å². The van der Waals surface area contributed by atoms with Gasteiger partial charge in [-0.15, -0.1) is 0 Å². The van der Waals surface area contributed by atoms with Crippen molar-refractivity contribution in [3.05, 3.63) is 63.4 Å². The van der Waals surface area contributed by atoms with Crippen LogP contribution in [0.3, 0.4) is 0 Å². The Bertz CT molecular complexity index is 1000. The van der Waals surface area contributed by atoms with E-state index in [1.165, 1.54) is 0 Å². The van der Waals surface area contributed by atoms with E-state index in [4.69, 9.17) is 23.2 Å². The van der Waals surface area contributed by atoms with Gasteiger partial charge in [0, 0.05) is 24.6 Å². The molecule has 0 aliphatic heterocycles. The number of halogens is 2. The van der Waals surface area contributed by atoms with Crippen LogP contribution in [0.5, 0.6) is 0 Å². The summed E-state index contributed by atoms with van der Waals surface area (Å²) in [5.41, 5.74) is 2.68. The van der Waals surface area contributed by atoms with E-state index < -0.39 is 5.92 Å². The lowest BCUT2D eigenvalue weighted by atomic mass is 9.98. The monoisotopic (exact) mass is 372 g/mol. The average molecular weight is 373 g/mol. The van der Waals surface area contributed by atoms with Crippen molar-refractivity contribution < 1.29 is 9.59 Å². The first-order chi connectivity index (χ1) is 12.0. The number of imidazole rings is 1. The molecule has 126 valence electrons. The van der Waals surface area contributed by atoms with Crippen molar-refractivity contribution in [1.82, 2.24) is 9.55 Å². The van der Waals surface area contributed by atoms with E-state index in [2.05, 4.69) is 4.98 Å². The molecule has 0 atom stereocenters. The highest BCUT2D eigenvalue weighted by Gasteiger charge is 2.37. The molecule has 2 aromatic carbocycles. The first kappa shape index (κ1) is 16.3. The van der Waals surface area contributed by atoms with Crippen LogP contribution in [0.15, 0.2) is 36.4 Å². The molecule has 1 aromatic heterocycles. The summed E-state index contributed by atoms with van der Waals surface area (Å²) < 4.78 is 1.93. The minimum atomic E-state index is -0.621. The molecule has 6 heteroatoms. The minimum Gasteiger partial charge on any atom is -0.331 e. The van der Waals surface area contributed by atoms with E-state index in [0.29, 0.717) is 34.0 Å². The van der Waals surface area contributed by atoms with Gasteiger partial charge in [-0.2, -0.15) is 0 Å². The quantitative estimate of drug-likeness (QED) is 0.635. The molecule has 0 bridgehead atoms. The molecule has 0 radical (unpaired) electrons. The number of Topliss-reactive ketones (excluding diaryl/α,β-unsaturated/α-hetero) is 2. The molecule has 3 aromatic rings. The summed E-state index contributed by atoms with van der Waals surface area (Å²) in [6.45, 7) is 0. The van der Waals surface area contributed by atoms with E-state index in [0.717, 1.165) is 16.9 Å². The van der Waals surface area contributed by atoms with Crippen LogP contribution < -0.4 is 0 Å². The van der Waals surface area contributed by atoms with Gasteiger partial charge in [-0.3, -0.25) is 9.59 Å². The molecular weight excluding hydrogens is 359 g/mol. The lowest BCUT2D eigenvalue weighted by Gasteiger charge is -2.07. The number of aromatic nitrogens is 2. The maximum atomic E-state index is 12.5. The van der Waals surface area contributed by atoms with Gasteiger partial charge in [-0.05, 0) is 18.6 Å². The number of benzene rings is 2. The summed E-state index contributed by atoms with van der Waals surface area (Å²) in [6, 6.07) is 10.5. The van der Waals surface area contributed by atoms with Gasteiger partial charge in [-0.25, -0.2) is 4.98 Å². The van der Waals surface area contributed by atoms with Crippen molar-refractivity contribution in [3.8, 4) is 0 Å². The Morgan fingerprint density at radius 3 is 2.28 bits per heavy atom. The van der Waals surface area contributed by atoms with Crippen molar-refractivity contribution >= 4 is 45.8 Å². The number of fused-ring (bicyclic) bond motifs is 2. The Labute approximate surface area is 154 Å². The minimum absolute atomic E-state index is 0.0922. The summed E-state index contributed by atoms with van der Waals surface area (Å²) in [5, 5.41) is 0.927. The SMILES string of the molecule is Cn1c(CCC2C(=O)c3ccccc3C2=O)nc2cc(Cl)c(Cl)cc21. The number of carbonyl (C=O) groups excluding carboxylic acids is 2. The van der Waals surface area contributed by atoms with Gasteiger partial charge < -0.3 is 4.57 Å². The molecule has 0 amide bonds. The molecule has 1 aliphatic carbocycles. The van der Waals surface area contributed by atoms with Crippen LogP contribution in [0.1, 0.15) is 33.0 Å². The van der Waals surface area contributed by atoms with E-state index in [-0.39, 0.29) is 11.6 Å². The first-order valence-corrected chi connectivity index (χ1v) is 8.70. The second-order valence-corrected chi connectivity index (χ2v) is 7.02. The van der Waals surface area contributed by atoms with E-state index in [1.807, 2.05) is 11.6 Å². The molecule has 0 saturated carbocycles. The number of carbonyl (C=O) groups is 2. The zero-order valence-corrected chi connectivity index (χ0v) is 14.9. The fourth-order valence-corrected chi connectivity index (χ4v) is 3.72. The van der Waals surface area contributed by atoms with Gasteiger partial charge in [0.25, 0.3) is 0 Å². The van der Waals surface area contributed by atoms with E-state index in [1.54, 1.807) is 36.4 Å². The smallest absolute Gasteiger partial charge is 0.174 e. The van der Waals surface area contributed by atoms with Gasteiger partial charge in [0.2, 0.25) is 0 Å². The topological polar surface area (TPSA) is 52.0 Å². The molecule has 25 heavy (non-hydrogen) atoms. The third-order valence-electron chi connectivity index (χ3n) is 4.76. The standard InChI is InChI=1S/C19H14Cl2N2O2/c1-23-16-9-14(21)13(20)8-15(16)22-17(23)7-6-12-18(24)10-4-2-3-5-11(10)19(12)25/h2-5,8-9,12H,6-7H2,1H3. The lowest BCUT2D eigenvalue weighted by Crippen LogP contribution is -2.16. The van der Waals surface area contributed by atoms with Gasteiger partial charge in [0.05, 0.1) is 27.0 Å². The molecule has 1 aliphatic rings. The Kier molecular flexibility index (Phi) is 3.89. The van der Waals surface area contributed by atoms with Gasteiger partial charge in [0.15, 0.2) is 11.6 Å². The third-order valence-corrected chi connectivity index (χ3v) is 5.49. The summed E-state index contributed by atoms with van der Waals surface area (Å²) in [5.74, 6) is -0.00909. The highest BCUT2D eigenvalue weighted by atomic mass is 35.5. The van der Waals surface area contributed by atoms with Crippen LogP contribution in [0.25, 0.3) is 11.0 Å². The van der Waals surface area contributed by atoms with Crippen LogP contribution in [-0.4, -0.2) is 21.1 Å². The number of rotatable bonds is 3. The zero-order chi connectivity index (χ0) is 17.7. The largest absolute Gasteiger partial charge is 0.331 e. The van der Waals surface area contributed by atoms with Crippen molar-refractivity contribution in [2.75, 3.05) is 0 Å². The molecule has 0 spiro atoms. The maximum Gasteiger partial charge on any atom is 0.174 e. The molecule has 4 nitrogen and oxygen atoms in total. The molecule has 1 heterocycles. The molecule has 0 saturated heterocycles. The maximum absolute atomic E-state index is 12.5. The first-order valence-electron chi connectivity index (χ1n) is 7.95. The van der Waals surface area contributed by atoms with E-state index >= 15 is 0 Å². The van der Waals surface area contributed by atoms with Gasteiger partial charge in [-0.1, -0.05) is 47.5 Å². The number of aryl methyl sites for hydroxylation is 2. The number of hydrogen-bond donors (Lipinski definition) is 0. The Balaban J connectivity index is 1.60. The van der Waals surface area contributed by atoms with Crippen LogP contribution in [0, 0.1) is 5.92 Å². The molecule has 4 rings (SSSR count). The second-order valence-electron chi connectivity index (χ2n) is 6.21. The predicted octanol–water partition coefficient (Wildman–Crippen LogP) is 4.51.